The third kappa shape index (κ3) is 4.61. The molecule has 0 aromatic heterocycles. The molecular formula is C12H17BrN2OS. The first-order valence-electron chi connectivity index (χ1n) is 5.48. The number of methoxy groups -OCH3 is 1. The van der Waals surface area contributed by atoms with Crippen molar-refractivity contribution in [2.45, 2.75) is 12.8 Å². The Morgan fingerprint density at radius 1 is 1.47 bits per heavy atom. The number of benzene rings is 1. The molecule has 0 heterocycles. The molecule has 1 rings (SSSR count). The standard InChI is InChI=1S/C12H17BrN2OS/c1-16-8-3-2-7-15-10-6-4-5-9(13)11(10)12(14)17/h4-6,15H,2-3,7-8H2,1H3,(H2,14,17). The number of nitrogens with two attached hydrogens (primary N) is 1. The van der Waals surface area contributed by atoms with Gasteiger partial charge in [0, 0.05) is 36.0 Å². The SMILES string of the molecule is COCCCCNc1cccc(Br)c1C(N)=S. The summed E-state index contributed by atoms with van der Waals surface area (Å²) in [5.74, 6) is 0. The van der Waals surface area contributed by atoms with Crippen LogP contribution in [0.3, 0.4) is 0 Å². The predicted octanol–water partition coefficient (Wildman–Crippen LogP) is 2.92. The molecule has 1 aromatic rings. The van der Waals surface area contributed by atoms with Gasteiger partial charge in [-0.25, -0.2) is 0 Å². The molecule has 0 amide bonds. The van der Waals surface area contributed by atoms with Gasteiger partial charge in [-0.05, 0) is 40.9 Å². The molecule has 0 atom stereocenters. The van der Waals surface area contributed by atoms with Crippen molar-refractivity contribution in [1.29, 1.82) is 0 Å². The van der Waals surface area contributed by atoms with Crippen molar-refractivity contribution in [2.75, 3.05) is 25.6 Å². The molecule has 5 heteroatoms. The molecular weight excluding hydrogens is 300 g/mol. The van der Waals surface area contributed by atoms with Crippen LogP contribution < -0.4 is 11.1 Å². The van der Waals surface area contributed by atoms with Crippen LogP contribution in [0.4, 0.5) is 5.69 Å². The minimum Gasteiger partial charge on any atom is -0.389 e. The lowest BCUT2D eigenvalue weighted by Crippen LogP contribution is -2.14. The molecule has 0 spiro atoms. The fraction of sp³-hybridized carbons (Fsp3) is 0.417. The number of rotatable bonds is 7. The third-order valence-corrected chi connectivity index (χ3v) is 3.22. The van der Waals surface area contributed by atoms with Crippen molar-refractivity contribution in [3.8, 4) is 0 Å². The van der Waals surface area contributed by atoms with Gasteiger partial charge in [0.05, 0.1) is 0 Å². The van der Waals surface area contributed by atoms with Crippen LogP contribution in [0, 0.1) is 0 Å². The Hall–Kier alpha value is -0.650. The number of unbranched alkanes of at least 4 members (excludes halogenated alkanes) is 1. The number of thiocarbonyl (C=S) groups is 1. The first-order valence-corrected chi connectivity index (χ1v) is 6.68. The van der Waals surface area contributed by atoms with Crippen molar-refractivity contribution < 1.29 is 4.74 Å². The molecule has 0 bridgehead atoms. The summed E-state index contributed by atoms with van der Waals surface area (Å²) in [5, 5.41) is 3.34. The fourth-order valence-electron chi connectivity index (χ4n) is 1.52. The summed E-state index contributed by atoms with van der Waals surface area (Å²) in [7, 11) is 1.71. The Kier molecular flexibility index (Phi) is 6.47. The molecule has 1 aromatic carbocycles. The first kappa shape index (κ1) is 14.4. The summed E-state index contributed by atoms with van der Waals surface area (Å²) in [6.07, 6.45) is 2.09. The summed E-state index contributed by atoms with van der Waals surface area (Å²) in [5.41, 5.74) is 7.55. The molecule has 0 fully saturated rings. The van der Waals surface area contributed by atoms with Crippen LogP contribution in [-0.2, 0) is 4.74 Å². The average molecular weight is 317 g/mol. The van der Waals surface area contributed by atoms with Gasteiger partial charge in [0.2, 0.25) is 0 Å². The van der Waals surface area contributed by atoms with E-state index < -0.39 is 0 Å². The quantitative estimate of drug-likeness (QED) is 0.600. The largest absolute Gasteiger partial charge is 0.389 e. The molecule has 0 aliphatic carbocycles. The second kappa shape index (κ2) is 7.63. The maximum Gasteiger partial charge on any atom is 0.107 e. The van der Waals surface area contributed by atoms with Crippen LogP contribution >= 0.6 is 28.1 Å². The van der Waals surface area contributed by atoms with E-state index >= 15 is 0 Å². The van der Waals surface area contributed by atoms with Gasteiger partial charge in [-0.3, -0.25) is 0 Å². The molecule has 0 saturated heterocycles. The van der Waals surface area contributed by atoms with Gasteiger partial charge >= 0.3 is 0 Å². The maximum atomic E-state index is 5.71. The first-order chi connectivity index (χ1) is 8.16. The zero-order valence-electron chi connectivity index (χ0n) is 9.83. The van der Waals surface area contributed by atoms with E-state index in [9.17, 15) is 0 Å². The summed E-state index contributed by atoms with van der Waals surface area (Å²) < 4.78 is 5.92. The number of hydrogen-bond acceptors (Lipinski definition) is 3. The Bertz CT molecular complexity index is 385. The lowest BCUT2D eigenvalue weighted by molar-refractivity contribution is 0.194. The van der Waals surface area contributed by atoms with Crippen LogP contribution in [0.25, 0.3) is 0 Å². The summed E-state index contributed by atoms with van der Waals surface area (Å²) in [6, 6.07) is 5.88. The average Bonchev–Trinajstić information content (AvgIpc) is 2.28. The highest BCUT2D eigenvalue weighted by molar-refractivity contribution is 9.10. The minimum atomic E-state index is 0.400. The maximum absolute atomic E-state index is 5.71. The summed E-state index contributed by atoms with van der Waals surface area (Å²) >= 11 is 8.50. The van der Waals surface area contributed by atoms with Crippen molar-refractivity contribution in [3.05, 3.63) is 28.2 Å². The molecule has 17 heavy (non-hydrogen) atoms. The zero-order valence-corrected chi connectivity index (χ0v) is 12.2. The number of halogens is 1. The molecule has 0 saturated carbocycles. The van der Waals surface area contributed by atoms with Crippen molar-refractivity contribution in [3.63, 3.8) is 0 Å². The lowest BCUT2D eigenvalue weighted by atomic mass is 10.1. The second-order valence-corrected chi connectivity index (χ2v) is 4.95. The molecule has 3 N–H and O–H groups in total. The van der Waals surface area contributed by atoms with E-state index in [0.717, 1.165) is 41.7 Å². The topological polar surface area (TPSA) is 47.3 Å². The molecule has 0 aliphatic rings. The van der Waals surface area contributed by atoms with E-state index in [1.807, 2.05) is 18.2 Å². The highest BCUT2D eigenvalue weighted by Gasteiger charge is 2.08. The number of anilines is 1. The van der Waals surface area contributed by atoms with Gasteiger partial charge in [-0.15, -0.1) is 0 Å². The van der Waals surface area contributed by atoms with E-state index in [0.29, 0.717) is 4.99 Å². The van der Waals surface area contributed by atoms with Crippen LogP contribution in [0.15, 0.2) is 22.7 Å². The van der Waals surface area contributed by atoms with Crippen molar-refractivity contribution in [1.82, 2.24) is 0 Å². The Balaban J connectivity index is 2.58. The van der Waals surface area contributed by atoms with E-state index in [-0.39, 0.29) is 0 Å². The second-order valence-electron chi connectivity index (χ2n) is 3.65. The van der Waals surface area contributed by atoms with Crippen LogP contribution in [0.5, 0.6) is 0 Å². The van der Waals surface area contributed by atoms with Crippen LogP contribution in [0.2, 0.25) is 0 Å². The smallest absolute Gasteiger partial charge is 0.107 e. The Labute approximate surface area is 116 Å². The number of ether oxygens (including phenoxy) is 1. The van der Waals surface area contributed by atoms with Crippen LogP contribution in [-0.4, -0.2) is 25.2 Å². The van der Waals surface area contributed by atoms with Gasteiger partial charge in [-0.2, -0.15) is 0 Å². The highest BCUT2D eigenvalue weighted by Crippen LogP contribution is 2.24. The Morgan fingerprint density at radius 2 is 2.24 bits per heavy atom. The van der Waals surface area contributed by atoms with Gasteiger partial charge in [0.25, 0.3) is 0 Å². The fourth-order valence-corrected chi connectivity index (χ4v) is 2.45. The number of hydrogen-bond donors (Lipinski definition) is 2. The predicted molar refractivity (Wildman–Crippen MR) is 79.6 cm³/mol. The summed E-state index contributed by atoms with van der Waals surface area (Å²) in [4.78, 5) is 0.400. The van der Waals surface area contributed by atoms with Gasteiger partial charge in [0.1, 0.15) is 4.99 Å². The summed E-state index contributed by atoms with van der Waals surface area (Å²) in [6.45, 7) is 1.68. The number of nitrogens with one attached hydrogen (secondary N) is 1. The minimum absolute atomic E-state index is 0.400. The van der Waals surface area contributed by atoms with E-state index in [1.54, 1.807) is 7.11 Å². The molecule has 0 unspecified atom stereocenters. The normalized spacial score (nSPS) is 10.2. The molecule has 0 radical (unpaired) electrons. The van der Waals surface area contributed by atoms with E-state index in [2.05, 4.69) is 21.2 Å². The van der Waals surface area contributed by atoms with Gasteiger partial charge in [0.15, 0.2) is 0 Å². The molecule has 94 valence electrons. The molecule has 0 aliphatic heterocycles. The zero-order chi connectivity index (χ0) is 12.7. The van der Waals surface area contributed by atoms with Crippen molar-refractivity contribution in [2.24, 2.45) is 5.73 Å². The van der Waals surface area contributed by atoms with Gasteiger partial charge < -0.3 is 15.8 Å². The van der Waals surface area contributed by atoms with Crippen LogP contribution in [0.1, 0.15) is 18.4 Å². The van der Waals surface area contributed by atoms with E-state index in [4.69, 9.17) is 22.7 Å². The van der Waals surface area contributed by atoms with E-state index in [1.165, 1.54) is 0 Å². The third-order valence-electron chi connectivity index (χ3n) is 2.35. The lowest BCUT2D eigenvalue weighted by Gasteiger charge is -2.12. The van der Waals surface area contributed by atoms with Crippen molar-refractivity contribution >= 4 is 38.8 Å². The highest BCUT2D eigenvalue weighted by atomic mass is 79.9. The Morgan fingerprint density at radius 3 is 2.88 bits per heavy atom. The van der Waals surface area contributed by atoms with Gasteiger partial charge in [-0.1, -0.05) is 18.3 Å². The monoisotopic (exact) mass is 316 g/mol. The molecule has 3 nitrogen and oxygen atoms in total.